The number of ether oxygens (including phenoxy) is 1. The molecule has 1 aromatic carbocycles. The van der Waals surface area contributed by atoms with Gasteiger partial charge in [-0.25, -0.2) is 4.98 Å². The van der Waals surface area contributed by atoms with E-state index in [4.69, 9.17) is 4.74 Å². The molecule has 0 saturated heterocycles. The lowest BCUT2D eigenvalue weighted by Gasteiger charge is -2.16. The number of para-hydroxylation sites is 2. The fourth-order valence-electron chi connectivity index (χ4n) is 2.94. The molecule has 0 atom stereocenters. The fourth-order valence-corrected chi connectivity index (χ4v) is 2.94. The zero-order valence-corrected chi connectivity index (χ0v) is 16.5. The van der Waals surface area contributed by atoms with Crippen LogP contribution in [0, 0.1) is 12.3 Å². The average molecular weight is 369 g/mol. The Kier molecular flexibility index (Phi) is 5.58. The first kappa shape index (κ1) is 19.1. The molecular weight excluding hydrogens is 342 g/mol. The van der Waals surface area contributed by atoms with Crippen LogP contribution < -0.4 is 5.32 Å². The summed E-state index contributed by atoms with van der Waals surface area (Å²) in [6.45, 7) is 9.19. The predicted octanol–water partition coefficient (Wildman–Crippen LogP) is 3.76. The van der Waals surface area contributed by atoms with Gasteiger partial charge in [0, 0.05) is 6.54 Å². The Balaban J connectivity index is 1.56. The molecule has 0 radical (unpaired) electrons. The van der Waals surface area contributed by atoms with Crippen LogP contribution in [0.2, 0.25) is 0 Å². The van der Waals surface area contributed by atoms with E-state index in [9.17, 15) is 4.79 Å². The number of aromatic nitrogens is 4. The van der Waals surface area contributed by atoms with Crippen molar-refractivity contribution in [1.29, 1.82) is 0 Å². The third-order valence-electron chi connectivity index (χ3n) is 4.19. The van der Waals surface area contributed by atoms with Crippen molar-refractivity contribution in [2.75, 3.05) is 18.5 Å². The molecule has 2 heterocycles. The van der Waals surface area contributed by atoms with E-state index in [0.29, 0.717) is 13.0 Å². The van der Waals surface area contributed by atoms with E-state index in [1.54, 1.807) is 0 Å². The first-order valence-electron chi connectivity index (χ1n) is 9.35. The van der Waals surface area contributed by atoms with Gasteiger partial charge in [0.1, 0.15) is 5.82 Å². The fraction of sp³-hybridized carbons (Fsp3) is 0.500. The lowest BCUT2D eigenvalue weighted by atomic mass is 9.92. The molecular formula is C20H27N5O2. The zero-order chi connectivity index (χ0) is 19.4. The van der Waals surface area contributed by atoms with Crippen molar-refractivity contribution in [3.05, 3.63) is 30.1 Å². The maximum Gasteiger partial charge on any atom is 0.306 e. The maximum absolute atomic E-state index is 11.7. The van der Waals surface area contributed by atoms with Gasteiger partial charge in [-0.2, -0.15) is 0 Å². The number of anilines is 1. The number of carbonyl (C=O) groups excluding carboxylic acids is 1. The van der Waals surface area contributed by atoms with E-state index in [1.165, 1.54) is 0 Å². The minimum absolute atomic E-state index is 0.0395. The lowest BCUT2D eigenvalue weighted by molar-refractivity contribution is -0.145. The number of rotatable bonds is 7. The Morgan fingerprint density at radius 2 is 1.96 bits per heavy atom. The highest BCUT2D eigenvalue weighted by Gasteiger charge is 2.16. The summed E-state index contributed by atoms with van der Waals surface area (Å²) in [7, 11) is 0. The maximum atomic E-state index is 11.7. The highest BCUT2D eigenvalue weighted by Crippen LogP contribution is 2.21. The van der Waals surface area contributed by atoms with Gasteiger partial charge in [0.2, 0.25) is 5.65 Å². The van der Waals surface area contributed by atoms with Gasteiger partial charge in [-0.3, -0.25) is 9.20 Å². The molecule has 0 aliphatic heterocycles. The van der Waals surface area contributed by atoms with E-state index < -0.39 is 0 Å². The van der Waals surface area contributed by atoms with Crippen LogP contribution in [0.4, 0.5) is 5.82 Å². The Morgan fingerprint density at radius 1 is 1.19 bits per heavy atom. The van der Waals surface area contributed by atoms with Gasteiger partial charge in [0.25, 0.3) is 0 Å². The third-order valence-corrected chi connectivity index (χ3v) is 4.19. The summed E-state index contributed by atoms with van der Waals surface area (Å²) in [4.78, 5) is 16.4. The molecule has 0 amide bonds. The van der Waals surface area contributed by atoms with E-state index in [-0.39, 0.29) is 11.4 Å². The number of hydrogen-bond donors (Lipinski definition) is 1. The summed E-state index contributed by atoms with van der Waals surface area (Å²) in [6, 6.07) is 7.95. The van der Waals surface area contributed by atoms with Crippen molar-refractivity contribution < 1.29 is 9.53 Å². The molecule has 144 valence electrons. The van der Waals surface area contributed by atoms with Gasteiger partial charge in [-0.15, -0.1) is 10.2 Å². The molecule has 3 rings (SSSR count). The van der Waals surface area contributed by atoms with Crippen molar-refractivity contribution in [2.24, 2.45) is 5.41 Å². The van der Waals surface area contributed by atoms with Crippen LogP contribution in [0.1, 0.15) is 45.9 Å². The van der Waals surface area contributed by atoms with Crippen molar-refractivity contribution in [1.82, 2.24) is 19.6 Å². The van der Waals surface area contributed by atoms with Crippen LogP contribution in [0.5, 0.6) is 0 Å². The van der Waals surface area contributed by atoms with Crippen molar-refractivity contribution in [3.8, 4) is 0 Å². The first-order chi connectivity index (χ1) is 12.8. The molecule has 2 aromatic heterocycles. The molecule has 3 aromatic rings. The van der Waals surface area contributed by atoms with Gasteiger partial charge in [-0.1, -0.05) is 32.9 Å². The minimum Gasteiger partial charge on any atom is -0.466 e. The van der Waals surface area contributed by atoms with E-state index >= 15 is 0 Å². The molecule has 7 heteroatoms. The van der Waals surface area contributed by atoms with Gasteiger partial charge >= 0.3 is 5.97 Å². The van der Waals surface area contributed by atoms with Crippen LogP contribution >= 0.6 is 0 Å². The number of unbranched alkanes of at least 4 members (excludes halogenated alkanes) is 1. The van der Waals surface area contributed by atoms with Crippen molar-refractivity contribution in [2.45, 2.75) is 47.0 Å². The quantitative estimate of drug-likeness (QED) is 0.504. The van der Waals surface area contributed by atoms with Gasteiger partial charge < -0.3 is 10.1 Å². The molecule has 0 bridgehead atoms. The number of nitrogens with one attached hydrogen (secondary N) is 1. The standard InChI is InChI=1S/C20H27N5O2/c1-14-23-24-19-18(22-15-9-5-6-10-16(15)25(14)19)21-11-7-8-12-27-17(26)13-20(2,3)4/h5-6,9-10H,7-8,11-13H2,1-4H3,(H,21,22). The largest absolute Gasteiger partial charge is 0.466 e. The van der Waals surface area contributed by atoms with Crippen molar-refractivity contribution >= 4 is 28.5 Å². The van der Waals surface area contributed by atoms with Crippen LogP contribution in [0.3, 0.4) is 0 Å². The highest BCUT2D eigenvalue weighted by atomic mass is 16.5. The van der Waals surface area contributed by atoms with E-state index in [0.717, 1.165) is 47.7 Å². The molecule has 0 unspecified atom stereocenters. The van der Waals surface area contributed by atoms with Crippen LogP contribution in [0.25, 0.3) is 16.7 Å². The Morgan fingerprint density at radius 3 is 2.74 bits per heavy atom. The predicted molar refractivity (Wildman–Crippen MR) is 106 cm³/mol. The molecule has 7 nitrogen and oxygen atoms in total. The summed E-state index contributed by atoms with van der Waals surface area (Å²) >= 11 is 0. The Bertz CT molecular complexity index is 943. The topological polar surface area (TPSA) is 81.4 Å². The lowest BCUT2D eigenvalue weighted by Crippen LogP contribution is -2.16. The van der Waals surface area contributed by atoms with Gasteiger partial charge in [0.05, 0.1) is 24.1 Å². The van der Waals surface area contributed by atoms with Crippen LogP contribution in [-0.2, 0) is 9.53 Å². The molecule has 1 N–H and O–H groups in total. The van der Waals surface area contributed by atoms with Crippen molar-refractivity contribution in [3.63, 3.8) is 0 Å². The van der Waals surface area contributed by atoms with Gasteiger partial charge in [-0.05, 0) is 37.3 Å². The Hall–Kier alpha value is -2.70. The number of esters is 1. The average Bonchev–Trinajstić information content (AvgIpc) is 2.99. The monoisotopic (exact) mass is 369 g/mol. The second-order valence-corrected chi connectivity index (χ2v) is 7.95. The summed E-state index contributed by atoms with van der Waals surface area (Å²) in [6.07, 6.45) is 2.12. The second kappa shape index (κ2) is 7.90. The number of benzene rings is 1. The number of nitrogens with zero attached hydrogens (tertiary/aromatic N) is 4. The number of carbonyl (C=O) groups is 1. The molecule has 0 aliphatic carbocycles. The molecule has 0 aliphatic rings. The summed E-state index contributed by atoms with van der Waals surface area (Å²) in [5.74, 6) is 1.42. The van der Waals surface area contributed by atoms with E-state index in [1.807, 2.05) is 56.4 Å². The molecule has 0 fully saturated rings. The minimum atomic E-state index is -0.132. The summed E-state index contributed by atoms with van der Waals surface area (Å²) in [5.41, 5.74) is 2.57. The Labute approximate surface area is 159 Å². The molecule has 0 saturated carbocycles. The second-order valence-electron chi connectivity index (χ2n) is 7.95. The number of aryl methyl sites for hydroxylation is 1. The smallest absolute Gasteiger partial charge is 0.306 e. The normalized spacial score (nSPS) is 11.9. The van der Waals surface area contributed by atoms with Crippen LogP contribution in [0.15, 0.2) is 24.3 Å². The van der Waals surface area contributed by atoms with Gasteiger partial charge in [0.15, 0.2) is 5.82 Å². The first-order valence-corrected chi connectivity index (χ1v) is 9.35. The SMILES string of the molecule is Cc1nnc2c(NCCCCOC(=O)CC(C)(C)C)nc3ccccc3n12. The molecule has 0 spiro atoms. The van der Waals surface area contributed by atoms with E-state index in [2.05, 4.69) is 20.5 Å². The third kappa shape index (κ3) is 4.72. The number of fused-ring (bicyclic) bond motifs is 3. The zero-order valence-electron chi connectivity index (χ0n) is 16.5. The summed E-state index contributed by atoms with van der Waals surface area (Å²) < 4.78 is 7.31. The van der Waals surface area contributed by atoms with Crippen LogP contribution in [-0.4, -0.2) is 38.7 Å². The molecule has 27 heavy (non-hydrogen) atoms. The highest BCUT2D eigenvalue weighted by molar-refractivity contribution is 5.82. The summed E-state index contributed by atoms with van der Waals surface area (Å²) in [5, 5.41) is 11.8. The number of hydrogen-bond acceptors (Lipinski definition) is 6.